The number of aryl methyl sites for hydroxylation is 1. The SMILES string of the molecule is CCCCCCc1sc(Br)nc1I. The molecule has 0 aromatic carbocycles. The van der Waals surface area contributed by atoms with Gasteiger partial charge in [0.05, 0.1) is 0 Å². The maximum absolute atomic E-state index is 4.33. The molecular weight excluding hydrogens is 361 g/mol. The fourth-order valence-electron chi connectivity index (χ4n) is 1.17. The van der Waals surface area contributed by atoms with Crippen molar-refractivity contribution in [2.45, 2.75) is 39.0 Å². The predicted octanol–water partition coefficient (Wildman–Crippen LogP) is 4.63. The summed E-state index contributed by atoms with van der Waals surface area (Å²) < 4.78 is 2.19. The van der Waals surface area contributed by atoms with Gasteiger partial charge in [-0.05, 0) is 51.4 Å². The molecule has 1 nitrogen and oxygen atoms in total. The number of hydrogen-bond acceptors (Lipinski definition) is 2. The van der Waals surface area contributed by atoms with E-state index in [0.717, 1.165) is 3.92 Å². The minimum Gasteiger partial charge on any atom is -0.223 e. The Morgan fingerprint density at radius 3 is 2.69 bits per heavy atom. The molecule has 74 valence electrons. The van der Waals surface area contributed by atoms with Crippen LogP contribution >= 0.6 is 49.9 Å². The number of aromatic nitrogens is 1. The highest BCUT2D eigenvalue weighted by atomic mass is 127. The summed E-state index contributed by atoms with van der Waals surface area (Å²) in [7, 11) is 0. The van der Waals surface area contributed by atoms with Crippen LogP contribution in [0.3, 0.4) is 0 Å². The van der Waals surface area contributed by atoms with Crippen molar-refractivity contribution in [3.8, 4) is 0 Å². The lowest BCUT2D eigenvalue weighted by Crippen LogP contribution is -1.84. The van der Waals surface area contributed by atoms with Gasteiger partial charge in [-0.1, -0.05) is 26.2 Å². The zero-order valence-corrected chi connectivity index (χ0v) is 12.2. The van der Waals surface area contributed by atoms with Crippen molar-refractivity contribution in [3.05, 3.63) is 12.5 Å². The second kappa shape index (κ2) is 6.35. The second-order valence-corrected chi connectivity index (χ2v) is 6.37. The Kier molecular flexibility index (Phi) is 5.82. The molecule has 0 radical (unpaired) electrons. The number of halogens is 2. The first kappa shape index (κ1) is 11.9. The molecule has 0 aliphatic heterocycles. The zero-order chi connectivity index (χ0) is 9.68. The summed E-state index contributed by atoms with van der Waals surface area (Å²) in [5.41, 5.74) is 0. The van der Waals surface area contributed by atoms with E-state index < -0.39 is 0 Å². The highest BCUT2D eigenvalue weighted by molar-refractivity contribution is 14.1. The van der Waals surface area contributed by atoms with Gasteiger partial charge in [0.15, 0.2) is 3.92 Å². The van der Waals surface area contributed by atoms with E-state index in [9.17, 15) is 0 Å². The van der Waals surface area contributed by atoms with Gasteiger partial charge in [0.25, 0.3) is 0 Å². The molecule has 1 rings (SSSR count). The van der Waals surface area contributed by atoms with Gasteiger partial charge < -0.3 is 0 Å². The summed E-state index contributed by atoms with van der Waals surface area (Å²) >= 11 is 7.49. The van der Waals surface area contributed by atoms with E-state index in [4.69, 9.17) is 0 Å². The molecule has 0 saturated heterocycles. The van der Waals surface area contributed by atoms with Crippen LogP contribution in [0.1, 0.15) is 37.5 Å². The van der Waals surface area contributed by atoms with Crippen LogP contribution in [0.25, 0.3) is 0 Å². The lowest BCUT2D eigenvalue weighted by molar-refractivity contribution is 0.669. The summed E-state index contributed by atoms with van der Waals surface area (Å²) in [5.74, 6) is 0. The quantitative estimate of drug-likeness (QED) is 0.541. The van der Waals surface area contributed by atoms with Gasteiger partial charge in [0.1, 0.15) is 3.70 Å². The largest absolute Gasteiger partial charge is 0.223 e. The molecule has 13 heavy (non-hydrogen) atoms. The maximum Gasteiger partial charge on any atom is 0.160 e. The molecule has 0 spiro atoms. The van der Waals surface area contributed by atoms with Crippen LogP contribution in [0.15, 0.2) is 3.92 Å². The number of hydrogen-bond donors (Lipinski definition) is 0. The van der Waals surface area contributed by atoms with Gasteiger partial charge in [-0.3, -0.25) is 0 Å². The highest BCUT2D eigenvalue weighted by Gasteiger charge is 2.05. The Bertz CT molecular complexity index is 262. The molecule has 4 heteroatoms. The third kappa shape index (κ3) is 4.25. The standard InChI is InChI=1S/C9H13BrINS/c1-2-3-4-5-6-7-8(11)12-9(10)13-7/h2-6H2,1H3. The van der Waals surface area contributed by atoms with E-state index in [0.29, 0.717) is 0 Å². The Morgan fingerprint density at radius 2 is 2.15 bits per heavy atom. The van der Waals surface area contributed by atoms with Crippen LogP contribution in [-0.4, -0.2) is 4.98 Å². The van der Waals surface area contributed by atoms with Gasteiger partial charge in [-0.25, -0.2) is 4.98 Å². The molecule has 0 saturated carbocycles. The topological polar surface area (TPSA) is 12.9 Å². The van der Waals surface area contributed by atoms with Gasteiger partial charge in [-0.15, -0.1) is 11.3 Å². The molecule has 1 aromatic rings. The first-order valence-corrected chi connectivity index (χ1v) is 7.23. The third-order valence-electron chi connectivity index (χ3n) is 1.88. The first-order valence-electron chi connectivity index (χ1n) is 4.54. The molecule has 0 unspecified atom stereocenters. The highest BCUT2D eigenvalue weighted by Crippen LogP contribution is 2.26. The summed E-state index contributed by atoms with van der Waals surface area (Å²) in [6, 6.07) is 0. The minimum atomic E-state index is 1.02. The molecular formula is C9H13BrINS. The van der Waals surface area contributed by atoms with Crippen LogP contribution in [-0.2, 0) is 6.42 Å². The van der Waals surface area contributed by atoms with Crippen molar-refractivity contribution in [1.29, 1.82) is 0 Å². The van der Waals surface area contributed by atoms with Crippen molar-refractivity contribution in [3.63, 3.8) is 0 Å². The fourth-order valence-corrected chi connectivity index (χ4v) is 3.99. The Morgan fingerprint density at radius 1 is 1.38 bits per heavy atom. The summed E-state index contributed by atoms with van der Waals surface area (Å²) in [4.78, 5) is 5.77. The van der Waals surface area contributed by atoms with Crippen molar-refractivity contribution < 1.29 is 0 Å². The Hall–Kier alpha value is 0.840. The summed E-state index contributed by atoms with van der Waals surface area (Å²) in [6.45, 7) is 2.24. The second-order valence-electron chi connectivity index (χ2n) is 2.99. The molecule has 0 atom stereocenters. The molecule has 1 heterocycles. The summed E-state index contributed by atoms with van der Waals surface area (Å²) in [5, 5.41) is 0. The fraction of sp³-hybridized carbons (Fsp3) is 0.667. The first-order chi connectivity index (χ1) is 6.24. The Balaban J connectivity index is 2.32. The molecule has 0 amide bonds. The van der Waals surface area contributed by atoms with Crippen molar-refractivity contribution in [2.75, 3.05) is 0 Å². The number of unbranched alkanes of at least 4 members (excludes halogenated alkanes) is 3. The van der Waals surface area contributed by atoms with Crippen LogP contribution in [0.4, 0.5) is 0 Å². The van der Waals surface area contributed by atoms with E-state index in [-0.39, 0.29) is 0 Å². The lowest BCUT2D eigenvalue weighted by Gasteiger charge is -1.96. The normalized spacial score (nSPS) is 10.7. The van der Waals surface area contributed by atoms with Crippen LogP contribution in [0.2, 0.25) is 0 Å². The van der Waals surface area contributed by atoms with Crippen molar-refractivity contribution in [1.82, 2.24) is 4.98 Å². The van der Waals surface area contributed by atoms with Gasteiger partial charge in [0.2, 0.25) is 0 Å². The van der Waals surface area contributed by atoms with Gasteiger partial charge >= 0.3 is 0 Å². The molecule has 0 fully saturated rings. The molecule has 0 aliphatic rings. The minimum absolute atomic E-state index is 1.02. The summed E-state index contributed by atoms with van der Waals surface area (Å²) in [6.07, 6.45) is 6.52. The lowest BCUT2D eigenvalue weighted by atomic mass is 10.1. The van der Waals surface area contributed by atoms with E-state index in [2.05, 4.69) is 50.4 Å². The number of nitrogens with zero attached hydrogens (tertiary/aromatic N) is 1. The molecule has 0 aliphatic carbocycles. The van der Waals surface area contributed by atoms with Gasteiger partial charge in [-0.2, -0.15) is 0 Å². The van der Waals surface area contributed by atoms with Crippen LogP contribution in [0.5, 0.6) is 0 Å². The maximum atomic E-state index is 4.33. The average Bonchev–Trinajstić information content (AvgIpc) is 2.39. The van der Waals surface area contributed by atoms with E-state index in [1.807, 2.05) is 0 Å². The van der Waals surface area contributed by atoms with Crippen LogP contribution < -0.4 is 0 Å². The van der Waals surface area contributed by atoms with Crippen molar-refractivity contribution >= 4 is 49.9 Å². The average molecular weight is 374 g/mol. The molecule has 0 bridgehead atoms. The van der Waals surface area contributed by atoms with E-state index >= 15 is 0 Å². The van der Waals surface area contributed by atoms with E-state index in [1.165, 1.54) is 40.7 Å². The van der Waals surface area contributed by atoms with Gasteiger partial charge in [0, 0.05) is 4.88 Å². The van der Waals surface area contributed by atoms with Crippen LogP contribution in [0, 0.1) is 3.70 Å². The monoisotopic (exact) mass is 373 g/mol. The predicted molar refractivity (Wildman–Crippen MR) is 70.4 cm³/mol. The zero-order valence-electron chi connectivity index (χ0n) is 7.65. The number of thiazole rings is 1. The third-order valence-corrected chi connectivity index (χ3v) is 4.71. The molecule has 0 N–H and O–H groups in total. The van der Waals surface area contributed by atoms with Crippen molar-refractivity contribution in [2.24, 2.45) is 0 Å². The number of rotatable bonds is 5. The van der Waals surface area contributed by atoms with E-state index in [1.54, 1.807) is 11.3 Å². The smallest absolute Gasteiger partial charge is 0.160 e. The Labute approximate surface area is 106 Å². The molecule has 1 aromatic heterocycles.